The molecule has 1 aliphatic heterocycles. The standard InChI is InChI=1S/C64H43N5/c1-2-3-20-41-38-61-54(47-27-14-18-33-58(47)68(61)44-23-8-5-9-24-44)39-51(41)52-40-55-48-28-15-19-34-59(48)69(63(55)49-29-11-10-25-45(49)52)64-65-56-31-16-12-30-50(56)62(66-64)42-35-36-60-53(37-42)46-26-13-17-32-57(46)67(60)43-21-6-4-7-22-43/h2-40,55,63H,1H2/b20-3-. The lowest BCUT2D eigenvalue weighted by molar-refractivity contribution is 0.654. The summed E-state index contributed by atoms with van der Waals surface area (Å²) < 4.78 is 4.75. The Hall–Kier alpha value is -9.06. The Balaban J connectivity index is 0.962. The van der Waals surface area contributed by atoms with Gasteiger partial charge < -0.3 is 14.0 Å². The zero-order valence-corrected chi connectivity index (χ0v) is 37.6. The topological polar surface area (TPSA) is 38.9 Å². The van der Waals surface area contributed by atoms with Gasteiger partial charge in [-0.1, -0.05) is 170 Å². The molecule has 0 amide bonds. The van der Waals surface area contributed by atoms with Crippen LogP contribution in [0.3, 0.4) is 0 Å². The summed E-state index contributed by atoms with van der Waals surface area (Å²) in [6.07, 6.45) is 8.65. The lowest BCUT2D eigenvalue weighted by Crippen LogP contribution is -2.26. The summed E-state index contributed by atoms with van der Waals surface area (Å²) in [6.45, 7) is 4.08. The van der Waals surface area contributed by atoms with E-state index in [0.717, 1.165) is 50.3 Å². The molecular formula is C64H43N5. The zero-order chi connectivity index (χ0) is 45.6. The summed E-state index contributed by atoms with van der Waals surface area (Å²) in [4.78, 5) is 13.5. The molecule has 9 aromatic carbocycles. The van der Waals surface area contributed by atoms with E-state index in [2.05, 4.69) is 251 Å². The van der Waals surface area contributed by atoms with E-state index in [1.807, 2.05) is 6.08 Å². The van der Waals surface area contributed by atoms with Crippen LogP contribution < -0.4 is 4.90 Å². The molecule has 0 fully saturated rings. The Bertz CT molecular complexity index is 4120. The summed E-state index contributed by atoms with van der Waals surface area (Å²) in [5, 5.41) is 5.86. The minimum absolute atomic E-state index is 0.0164. The van der Waals surface area contributed by atoms with Crippen LogP contribution in [0.5, 0.6) is 0 Å². The number of fused-ring (bicyclic) bond motifs is 12. The van der Waals surface area contributed by atoms with E-state index in [0.29, 0.717) is 5.95 Å². The van der Waals surface area contributed by atoms with Crippen LogP contribution in [0.2, 0.25) is 0 Å². The van der Waals surface area contributed by atoms with E-state index in [1.165, 1.54) is 65.9 Å². The van der Waals surface area contributed by atoms with Gasteiger partial charge in [-0.3, -0.25) is 0 Å². The smallest absolute Gasteiger partial charge is 0.231 e. The van der Waals surface area contributed by atoms with Crippen molar-refractivity contribution >= 4 is 77.8 Å². The fourth-order valence-electron chi connectivity index (χ4n) is 11.5. The van der Waals surface area contributed by atoms with Gasteiger partial charge in [-0.05, 0) is 106 Å². The van der Waals surface area contributed by atoms with Crippen molar-refractivity contribution in [3.05, 3.63) is 265 Å². The number of benzene rings is 9. The largest absolute Gasteiger partial charge is 0.309 e. The van der Waals surface area contributed by atoms with E-state index < -0.39 is 0 Å². The predicted octanol–water partition coefficient (Wildman–Crippen LogP) is 16.1. The summed E-state index contributed by atoms with van der Waals surface area (Å²) in [5.41, 5.74) is 18.2. The van der Waals surface area contributed by atoms with Crippen molar-refractivity contribution in [2.24, 2.45) is 0 Å². The van der Waals surface area contributed by atoms with Crippen LogP contribution in [-0.4, -0.2) is 19.1 Å². The normalized spacial score (nSPS) is 15.3. The Labute approximate surface area is 399 Å². The SMILES string of the molecule is C=C/C=C\c1cc2c(cc1C1=CC3c4ccccc4N(c4nc(-c5ccc6c(c5)c5ccccc5n6-c5ccccc5)c5ccccc5n4)C3c3ccccc31)c1ccccc1n2-c1ccccc1. The Morgan fingerprint density at radius 2 is 1.06 bits per heavy atom. The Kier molecular flexibility index (Phi) is 8.80. The molecule has 0 saturated carbocycles. The average molecular weight is 882 g/mol. The van der Waals surface area contributed by atoms with Gasteiger partial charge in [0.25, 0.3) is 0 Å². The molecule has 0 N–H and O–H groups in total. The second-order valence-corrected chi connectivity index (χ2v) is 18.1. The van der Waals surface area contributed by atoms with Crippen LogP contribution in [0.15, 0.2) is 237 Å². The van der Waals surface area contributed by atoms with Crippen molar-refractivity contribution < 1.29 is 0 Å². The van der Waals surface area contributed by atoms with E-state index in [9.17, 15) is 0 Å². The maximum Gasteiger partial charge on any atom is 0.231 e. The lowest BCUT2D eigenvalue weighted by atomic mass is 9.76. The quantitative estimate of drug-likeness (QED) is 0.150. The minimum Gasteiger partial charge on any atom is -0.309 e. The molecule has 2 aliphatic rings. The molecule has 2 atom stereocenters. The number of allylic oxidation sites excluding steroid dienone is 2. The molecule has 0 saturated heterocycles. The summed E-state index contributed by atoms with van der Waals surface area (Å²) in [5.74, 6) is 0.703. The highest BCUT2D eigenvalue weighted by Gasteiger charge is 2.44. The van der Waals surface area contributed by atoms with Crippen molar-refractivity contribution in [1.29, 1.82) is 0 Å². The monoisotopic (exact) mass is 881 g/mol. The van der Waals surface area contributed by atoms with E-state index in [4.69, 9.17) is 9.97 Å². The van der Waals surface area contributed by atoms with Crippen LogP contribution in [0.1, 0.15) is 39.8 Å². The molecule has 0 spiro atoms. The second-order valence-electron chi connectivity index (χ2n) is 18.1. The van der Waals surface area contributed by atoms with Crippen molar-refractivity contribution in [3.8, 4) is 22.6 Å². The van der Waals surface area contributed by atoms with Gasteiger partial charge in [0, 0.05) is 55.5 Å². The molecule has 4 heterocycles. The third-order valence-electron chi connectivity index (χ3n) is 14.4. The third-order valence-corrected chi connectivity index (χ3v) is 14.4. The summed E-state index contributed by atoms with van der Waals surface area (Å²) in [6, 6.07) is 76.6. The zero-order valence-electron chi connectivity index (χ0n) is 37.6. The van der Waals surface area contributed by atoms with Crippen molar-refractivity contribution in [2.45, 2.75) is 12.0 Å². The molecule has 1 aliphatic carbocycles. The lowest BCUT2D eigenvalue weighted by Gasteiger charge is -2.34. The minimum atomic E-state index is -0.0846. The second kappa shape index (κ2) is 15.5. The van der Waals surface area contributed by atoms with Gasteiger partial charge in [0.05, 0.1) is 39.3 Å². The van der Waals surface area contributed by atoms with Gasteiger partial charge in [-0.15, -0.1) is 0 Å². The van der Waals surface area contributed by atoms with Crippen molar-refractivity contribution in [3.63, 3.8) is 0 Å². The number of aromatic nitrogens is 4. The molecule has 324 valence electrons. The maximum atomic E-state index is 5.65. The van der Waals surface area contributed by atoms with Gasteiger partial charge in [0.15, 0.2) is 0 Å². The first-order valence-electron chi connectivity index (χ1n) is 23.7. The van der Waals surface area contributed by atoms with Gasteiger partial charge in [-0.25, -0.2) is 9.97 Å². The van der Waals surface area contributed by atoms with Crippen LogP contribution in [0.25, 0.3) is 88.8 Å². The van der Waals surface area contributed by atoms with Gasteiger partial charge in [0.2, 0.25) is 5.95 Å². The van der Waals surface area contributed by atoms with Crippen LogP contribution in [0, 0.1) is 0 Å². The highest BCUT2D eigenvalue weighted by molar-refractivity contribution is 6.13. The molecule has 12 aromatic rings. The fourth-order valence-corrected chi connectivity index (χ4v) is 11.5. The third kappa shape index (κ3) is 5.97. The molecule has 2 unspecified atom stereocenters. The van der Waals surface area contributed by atoms with Crippen molar-refractivity contribution in [2.75, 3.05) is 4.90 Å². The number of hydrogen-bond donors (Lipinski definition) is 0. The summed E-state index contributed by atoms with van der Waals surface area (Å²) in [7, 11) is 0. The predicted molar refractivity (Wildman–Crippen MR) is 287 cm³/mol. The van der Waals surface area contributed by atoms with Crippen LogP contribution >= 0.6 is 0 Å². The number of anilines is 2. The maximum absolute atomic E-state index is 5.65. The van der Waals surface area contributed by atoms with Gasteiger partial charge in [0.1, 0.15) is 0 Å². The molecule has 69 heavy (non-hydrogen) atoms. The molecule has 5 nitrogen and oxygen atoms in total. The van der Waals surface area contributed by atoms with Gasteiger partial charge >= 0.3 is 0 Å². The average Bonchev–Trinajstić information content (AvgIpc) is 4.05. The van der Waals surface area contributed by atoms with Crippen LogP contribution in [-0.2, 0) is 0 Å². The first-order chi connectivity index (χ1) is 34.2. The van der Waals surface area contributed by atoms with E-state index in [-0.39, 0.29) is 12.0 Å². The first kappa shape index (κ1) is 39.1. The molecule has 5 heteroatoms. The number of rotatable bonds is 7. The molecule has 14 rings (SSSR count). The molecule has 0 bridgehead atoms. The summed E-state index contributed by atoms with van der Waals surface area (Å²) >= 11 is 0. The first-order valence-corrected chi connectivity index (χ1v) is 23.7. The number of nitrogens with zero attached hydrogens (tertiary/aromatic N) is 5. The Morgan fingerprint density at radius 3 is 1.80 bits per heavy atom. The van der Waals surface area contributed by atoms with Crippen molar-refractivity contribution in [1.82, 2.24) is 19.1 Å². The number of hydrogen-bond acceptors (Lipinski definition) is 3. The highest BCUT2D eigenvalue weighted by atomic mass is 15.3. The van der Waals surface area contributed by atoms with E-state index >= 15 is 0 Å². The molecule has 0 radical (unpaired) electrons. The van der Waals surface area contributed by atoms with Gasteiger partial charge in [-0.2, -0.15) is 0 Å². The van der Waals surface area contributed by atoms with E-state index in [1.54, 1.807) is 0 Å². The molecular weight excluding hydrogens is 839 g/mol. The molecule has 3 aromatic heterocycles. The Morgan fingerprint density at radius 1 is 0.464 bits per heavy atom. The van der Waals surface area contributed by atoms with Crippen LogP contribution in [0.4, 0.5) is 11.6 Å². The number of para-hydroxylation sites is 6. The highest BCUT2D eigenvalue weighted by Crippen LogP contribution is 2.58. The fraction of sp³-hybridized carbons (Fsp3) is 0.0312.